The highest BCUT2D eigenvalue weighted by atomic mass is 16.5. The molecule has 2 aromatic heterocycles. The average molecular weight is 257 g/mol. The third-order valence-electron chi connectivity index (χ3n) is 3.31. The van der Waals surface area contributed by atoms with Crippen LogP contribution in [0.15, 0.2) is 22.9 Å². The van der Waals surface area contributed by atoms with Crippen molar-refractivity contribution in [3.05, 3.63) is 29.8 Å². The van der Waals surface area contributed by atoms with E-state index in [0.717, 1.165) is 30.5 Å². The van der Waals surface area contributed by atoms with Crippen molar-refractivity contribution in [1.82, 2.24) is 15.1 Å². The van der Waals surface area contributed by atoms with Gasteiger partial charge in [0.25, 0.3) is 0 Å². The Bertz CT molecular complexity index is 602. The quantitative estimate of drug-likeness (QED) is 0.821. The Hall–Kier alpha value is -2.04. The number of aryl methyl sites for hydroxylation is 1. The Morgan fingerprint density at radius 2 is 2.32 bits per heavy atom. The number of hydrogen-bond acceptors (Lipinski definition) is 5. The second-order valence-electron chi connectivity index (χ2n) is 4.79. The monoisotopic (exact) mass is 257 g/mol. The average Bonchev–Trinajstić information content (AvgIpc) is 3.20. The van der Waals surface area contributed by atoms with Gasteiger partial charge in [-0.2, -0.15) is 4.98 Å². The molecule has 0 amide bonds. The normalized spacial score (nSPS) is 14.6. The van der Waals surface area contributed by atoms with E-state index in [0.29, 0.717) is 11.7 Å². The molecule has 0 aliphatic heterocycles. The van der Waals surface area contributed by atoms with Crippen molar-refractivity contribution in [2.45, 2.75) is 32.6 Å². The standard InChI is InChI=1S/C14H15N3O2/c1-2-9-4-3-7-15-13(9)14-16-12(19-17-14)8-11(18)10-5-6-10/h3-4,7,10H,2,5-6,8H2,1H3. The van der Waals surface area contributed by atoms with E-state index in [1.807, 2.05) is 12.1 Å². The number of pyridine rings is 1. The van der Waals surface area contributed by atoms with Crippen molar-refractivity contribution in [1.29, 1.82) is 0 Å². The van der Waals surface area contributed by atoms with E-state index in [4.69, 9.17) is 4.52 Å². The molecule has 0 unspecified atom stereocenters. The highest BCUT2D eigenvalue weighted by Crippen LogP contribution is 2.31. The van der Waals surface area contributed by atoms with Gasteiger partial charge in [-0.1, -0.05) is 18.1 Å². The summed E-state index contributed by atoms with van der Waals surface area (Å²) in [6.45, 7) is 2.05. The van der Waals surface area contributed by atoms with Crippen molar-refractivity contribution in [2.24, 2.45) is 5.92 Å². The molecule has 0 atom stereocenters. The second-order valence-corrected chi connectivity index (χ2v) is 4.79. The van der Waals surface area contributed by atoms with Gasteiger partial charge in [0.05, 0.1) is 6.42 Å². The SMILES string of the molecule is CCc1cccnc1-c1noc(CC(=O)C2CC2)n1. The Kier molecular flexibility index (Phi) is 3.11. The number of nitrogens with zero attached hydrogens (tertiary/aromatic N) is 3. The molecule has 98 valence electrons. The molecule has 19 heavy (non-hydrogen) atoms. The largest absolute Gasteiger partial charge is 0.338 e. The number of carbonyl (C=O) groups excluding carboxylic acids is 1. The van der Waals surface area contributed by atoms with E-state index < -0.39 is 0 Å². The van der Waals surface area contributed by atoms with Crippen LogP contribution in [-0.4, -0.2) is 20.9 Å². The van der Waals surface area contributed by atoms with Crippen LogP contribution in [0.25, 0.3) is 11.5 Å². The summed E-state index contributed by atoms with van der Waals surface area (Å²) in [6.07, 6.45) is 4.81. The minimum atomic E-state index is 0.201. The lowest BCUT2D eigenvalue weighted by Gasteiger charge is -2.00. The molecule has 2 aromatic rings. The summed E-state index contributed by atoms with van der Waals surface area (Å²) < 4.78 is 5.15. The van der Waals surface area contributed by atoms with Gasteiger partial charge in [-0.3, -0.25) is 9.78 Å². The molecule has 1 aliphatic carbocycles. The molecule has 0 spiro atoms. The van der Waals surface area contributed by atoms with Crippen LogP contribution in [0.5, 0.6) is 0 Å². The van der Waals surface area contributed by atoms with Gasteiger partial charge in [0.15, 0.2) is 0 Å². The Morgan fingerprint density at radius 3 is 3.05 bits per heavy atom. The van der Waals surface area contributed by atoms with Crippen LogP contribution >= 0.6 is 0 Å². The molecule has 1 saturated carbocycles. The third-order valence-corrected chi connectivity index (χ3v) is 3.31. The van der Waals surface area contributed by atoms with E-state index in [1.165, 1.54) is 0 Å². The van der Waals surface area contributed by atoms with Crippen molar-refractivity contribution < 1.29 is 9.32 Å². The first-order valence-electron chi connectivity index (χ1n) is 6.57. The van der Waals surface area contributed by atoms with Gasteiger partial charge in [-0.15, -0.1) is 0 Å². The number of rotatable bonds is 5. The number of ketones is 1. The first-order chi connectivity index (χ1) is 9.28. The predicted octanol–water partition coefficient (Wildman–Crippen LogP) is 2.22. The van der Waals surface area contributed by atoms with Gasteiger partial charge < -0.3 is 4.52 Å². The summed E-state index contributed by atoms with van der Waals surface area (Å²) in [6, 6.07) is 3.88. The van der Waals surface area contributed by atoms with E-state index in [-0.39, 0.29) is 18.1 Å². The van der Waals surface area contributed by atoms with Crippen molar-refractivity contribution >= 4 is 5.78 Å². The maximum absolute atomic E-state index is 11.7. The number of Topliss-reactive ketones (excluding diaryl/α,β-unsaturated/α-hetero) is 1. The summed E-state index contributed by atoms with van der Waals surface area (Å²) in [4.78, 5) is 20.3. The molecular weight excluding hydrogens is 242 g/mol. The molecule has 0 radical (unpaired) electrons. The van der Waals surface area contributed by atoms with Gasteiger partial charge >= 0.3 is 0 Å². The fourth-order valence-corrected chi connectivity index (χ4v) is 2.05. The Balaban J connectivity index is 1.82. The first-order valence-corrected chi connectivity index (χ1v) is 6.57. The highest BCUT2D eigenvalue weighted by molar-refractivity contribution is 5.84. The minimum absolute atomic E-state index is 0.201. The molecule has 0 aromatic carbocycles. The molecule has 0 N–H and O–H groups in total. The smallest absolute Gasteiger partial charge is 0.234 e. The lowest BCUT2D eigenvalue weighted by atomic mass is 10.1. The van der Waals surface area contributed by atoms with Crippen LogP contribution in [0.1, 0.15) is 31.2 Å². The summed E-state index contributed by atoms with van der Waals surface area (Å²) in [5.41, 5.74) is 1.81. The van der Waals surface area contributed by atoms with Crippen molar-refractivity contribution in [3.8, 4) is 11.5 Å². The van der Waals surface area contributed by atoms with Gasteiger partial charge in [0.1, 0.15) is 11.5 Å². The van der Waals surface area contributed by atoms with Crippen LogP contribution in [0.3, 0.4) is 0 Å². The van der Waals surface area contributed by atoms with Gasteiger partial charge in [0.2, 0.25) is 11.7 Å². The van der Waals surface area contributed by atoms with E-state index in [2.05, 4.69) is 22.0 Å². The molecule has 0 bridgehead atoms. The van der Waals surface area contributed by atoms with Gasteiger partial charge in [-0.05, 0) is 30.9 Å². The molecule has 1 aliphatic rings. The van der Waals surface area contributed by atoms with E-state index in [1.54, 1.807) is 6.20 Å². The maximum atomic E-state index is 11.7. The zero-order valence-electron chi connectivity index (χ0n) is 10.8. The summed E-state index contributed by atoms with van der Waals surface area (Å²) in [7, 11) is 0. The molecule has 5 heteroatoms. The molecular formula is C14H15N3O2. The highest BCUT2D eigenvalue weighted by Gasteiger charge is 2.30. The Labute approximate surface area is 111 Å². The number of hydrogen-bond donors (Lipinski definition) is 0. The van der Waals surface area contributed by atoms with Crippen LogP contribution in [0, 0.1) is 5.92 Å². The topological polar surface area (TPSA) is 68.9 Å². The van der Waals surface area contributed by atoms with Gasteiger partial charge in [-0.25, -0.2) is 0 Å². The van der Waals surface area contributed by atoms with Crippen LogP contribution in [0.4, 0.5) is 0 Å². The summed E-state index contributed by atoms with van der Waals surface area (Å²) in [5, 5.41) is 3.93. The lowest BCUT2D eigenvalue weighted by molar-refractivity contribution is -0.119. The van der Waals surface area contributed by atoms with Crippen LogP contribution in [-0.2, 0) is 17.6 Å². The molecule has 2 heterocycles. The van der Waals surface area contributed by atoms with Gasteiger partial charge in [0, 0.05) is 12.1 Å². The first kappa shape index (κ1) is 12.0. The third kappa shape index (κ3) is 2.54. The van der Waals surface area contributed by atoms with E-state index >= 15 is 0 Å². The zero-order chi connectivity index (χ0) is 13.2. The number of aromatic nitrogens is 3. The zero-order valence-corrected chi connectivity index (χ0v) is 10.8. The van der Waals surface area contributed by atoms with Crippen molar-refractivity contribution in [2.75, 3.05) is 0 Å². The molecule has 1 fully saturated rings. The molecule has 0 saturated heterocycles. The van der Waals surface area contributed by atoms with Crippen LogP contribution in [0.2, 0.25) is 0 Å². The van der Waals surface area contributed by atoms with Crippen molar-refractivity contribution in [3.63, 3.8) is 0 Å². The summed E-state index contributed by atoms with van der Waals surface area (Å²) in [5.74, 6) is 1.28. The Morgan fingerprint density at radius 1 is 1.47 bits per heavy atom. The molecule has 3 rings (SSSR count). The minimum Gasteiger partial charge on any atom is -0.338 e. The fraction of sp³-hybridized carbons (Fsp3) is 0.429. The second kappa shape index (κ2) is 4.91. The predicted molar refractivity (Wildman–Crippen MR) is 68.3 cm³/mol. The maximum Gasteiger partial charge on any atom is 0.234 e. The van der Waals surface area contributed by atoms with E-state index in [9.17, 15) is 4.79 Å². The molecule has 5 nitrogen and oxygen atoms in total. The number of carbonyl (C=O) groups is 1. The summed E-state index contributed by atoms with van der Waals surface area (Å²) >= 11 is 0. The lowest BCUT2D eigenvalue weighted by Crippen LogP contribution is -2.04. The fourth-order valence-electron chi connectivity index (χ4n) is 2.05. The van der Waals surface area contributed by atoms with Crippen LogP contribution < -0.4 is 0 Å².